The Morgan fingerprint density at radius 3 is 2.76 bits per heavy atom. The number of amides is 1. The molecule has 0 aromatic heterocycles. The van der Waals surface area contributed by atoms with E-state index in [9.17, 15) is 4.79 Å². The van der Waals surface area contributed by atoms with E-state index in [-0.39, 0.29) is 0 Å². The minimum atomic E-state index is -0.400. The summed E-state index contributed by atoms with van der Waals surface area (Å²) in [6.07, 6.45) is 0.494. The fourth-order valence-electron chi connectivity index (χ4n) is 1.65. The molecule has 0 bridgehead atoms. The minimum Gasteiger partial charge on any atom is -0.410 e. The lowest BCUT2D eigenvalue weighted by Gasteiger charge is -2.08. The molecule has 0 radical (unpaired) electrons. The molecule has 0 atom stereocenters. The molecule has 0 heterocycles. The number of hydrogen-bond acceptors (Lipinski definition) is 2. The average molecular weight is 229 g/mol. The molecule has 17 heavy (non-hydrogen) atoms. The number of hydrogen-bond donors (Lipinski definition) is 1. The average Bonchev–Trinajstić information content (AvgIpc) is 2.37. The zero-order chi connectivity index (χ0) is 12.1. The molecule has 88 valence electrons. The van der Waals surface area contributed by atoms with Crippen LogP contribution in [-0.2, 0) is 0 Å². The van der Waals surface area contributed by atoms with Gasteiger partial charge in [-0.05, 0) is 17.9 Å². The zero-order valence-corrected chi connectivity index (χ0v) is 9.77. The third kappa shape index (κ3) is 2.75. The van der Waals surface area contributed by atoms with Gasteiger partial charge in [-0.1, -0.05) is 43.3 Å². The Bertz CT molecular complexity index is 517. The molecule has 0 aliphatic carbocycles. The Morgan fingerprint density at radius 2 is 1.94 bits per heavy atom. The molecule has 0 saturated heterocycles. The zero-order valence-electron chi connectivity index (χ0n) is 9.77. The highest BCUT2D eigenvalue weighted by Crippen LogP contribution is 2.24. The molecular weight excluding hydrogens is 214 g/mol. The highest BCUT2D eigenvalue weighted by molar-refractivity contribution is 5.90. The number of nitrogens with one attached hydrogen (secondary N) is 1. The molecule has 0 aliphatic rings. The summed E-state index contributed by atoms with van der Waals surface area (Å²) in [6.45, 7) is 2.63. The standard InChI is InChI=1S/C14H15NO2/c1-2-10-15-14(16)17-13-9-5-7-11-6-3-4-8-12(11)13/h3-9H,2,10H2,1H3,(H,15,16). The van der Waals surface area contributed by atoms with Gasteiger partial charge >= 0.3 is 6.09 Å². The summed E-state index contributed by atoms with van der Waals surface area (Å²) in [7, 11) is 0. The number of ether oxygens (including phenoxy) is 1. The van der Waals surface area contributed by atoms with Gasteiger partial charge in [-0.2, -0.15) is 0 Å². The van der Waals surface area contributed by atoms with E-state index in [1.54, 1.807) is 6.07 Å². The molecule has 0 spiro atoms. The Balaban J connectivity index is 2.21. The summed E-state index contributed by atoms with van der Waals surface area (Å²) >= 11 is 0. The van der Waals surface area contributed by atoms with E-state index in [0.717, 1.165) is 17.2 Å². The van der Waals surface area contributed by atoms with E-state index in [2.05, 4.69) is 5.32 Å². The normalized spacial score (nSPS) is 10.2. The summed E-state index contributed by atoms with van der Waals surface area (Å²) in [5.41, 5.74) is 0. The summed E-state index contributed by atoms with van der Waals surface area (Å²) in [4.78, 5) is 11.5. The Hall–Kier alpha value is -2.03. The van der Waals surface area contributed by atoms with Gasteiger partial charge in [0, 0.05) is 11.9 Å². The minimum absolute atomic E-state index is 0.400. The summed E-state index contributed by atoms with van der Waals surface area (Å²) in [5, 5.41) is 4.69. The monoisotopic (exact) mass is 229 g/mol. The quantitative estimate of drug-likeness (QED) is 0.876. The van der Waals surface area contributed by atoms with Gasteiger partial charge in [0.05, 0.1) is 0 Å². The largest absolute Gasteiger partial charge is 0.412 e. The van der Waals surface area contributed by atoms with Crippen molar-refractivity contribution in [3.8, 4) is 5.75 Å². The van der Waals surface area contributed by atoms with E-state index in [1.807, 2.05) is 43.3 Å². The fourth-order valence-corrected chi connectivity index (χ4v) is 1.65. The van der Waals surface area contributed by atoms with Gasteiger partial charge in [0.15, 0.2) is 0 Å². The van der Waals surface area contributed by atoms with Crippen LogP contribution in [0.2, 0.25) is 0 Å². The summed E-state index contributed by atoms with van der Waals surface area (Å²) < 4.78 is 5.28. The predicted molar refractivity (Wildman–Crippen MR) is 68.3 cm³/mol. The summed E-state index contributed by atoms with van der Waals surface area (Å²) in [6, 6.07) is 13.5. The maximum atomic E-state index is 11.5. The van der Waals surface area contributed by atoms with Gasteiger partial charge in [0.25, 0.3) is 0 Å². The summed E-state index contributed by atoms with van der Waals surface area (Å²) in [5.74, 6) is 0.594. The van der Waals surface area contributed by atoms with Crippen molar-refractivity contribution in [2.45, 2.75) is 13.3 Å². The molecule has 2 rings (SSSR count). The van der Waals surface area contributed by atoms with E-state index >= 15 is 0 Å². The first kappa shape index (κ1) is 11.5. The van der Waals surface area contributed by atoms with Crippen LogP contribution in [0.15, 0.2) is 42.5 Å². The highest BCUT2D eigenvalue weighted by Gasteiger charge is 2.06. The van der Waals surface area contributed by atoms with E-state index in [4.69, 9.17) is 4.74 Å². The highest BCUT2D eigenvalue weighted by atomic mass is 16.6. The lowest BCUT2D eigenvalue weighted by Crippen LogP contribution is -2.27. The molecular formula is C14H15NO2. The van der Waals surface area contributed by atoms with Gasteiger partial charge in [0.2, 0.25) is 0 Å². The van der Waals surface area contributed by atoms with Crippen molar-refractivity contribution >= 4 is 16.9 Å². The third-order valence-electron chi connectivity index (χ3n) is 2.47. The maximum absolute atomic E-state index is 11.5. The van der Waals surface area contributed by atoms with Gasteiger partial charge in [-0.3, -0.25) is 0 Å². The molecule has 0 unspecified atom stereocenters. The molecule has 0 saturated carbocycles. The smallest absolute Gasteiger partial charge is 0.410 e. The van der Waals surface area contributed by atoms with E-state index < -0.39 is 6.09 Å². The van der Waals surface area contributed by atoms with Gasteiger partial charge in [0.1, 0.15) is 5.75 Å². The molecule has 0 fully saturated rings. The van der Waals surface area contributed by atoms with Crippen LogP contribution in [0.5, 0.6) is 5.75 Å². The van der Waals surface area contributed by atoms with Crippen molar-refractivity contribution in [3.63, 3.8) is 0 Å². The maximum Gasteiger partial charge on any atom is 0.412 e. The number of rotatable bonds is 3. The first-order chi connectivity index (χ1) is 8.31. The van der Waals surface area contributed by atoms with E-state index in [0.29, 0.717) is 12.3 Å². The lowest BCUT2D eigenvalue weighted by molar-refractivity contribution is 0.201. The second-order valence-electron chi connectivity index (χ2n) is 3.79. The van der Waals surface area contributed by atoms with Crippen LogP contribution in [0.25, 0.3) is 10.8 Å². The van der Waals surface area contributed by atoms with Crippen LogP contribution in [0.4, 0.5) is 4.79 Å². The first-order valence-electron chi connectivity index (χ1n) is 5.74. The first-order valence-corrected chi connectivity index (χ1v) is 5.74. The lowest BCUT2D eigenvalue weighted by atomic mass is 10.1. The van der Waals surface area contributed by atoms with Crippen molar-refractivity contribution in [3.05, 3.63) is 42.5 Å². The molecule has 2 aromatic rings. The second kappa shape index (κ2) is 5.34. The van der Waals surface area contributed by atoms with Crippen LogP contribution in [-0.4, -0.2) is 12.6 Å². The number of fused-ring (bicyclic) bond motifs is 1. The SMILES string of the molecule is CCCNC(=O)Oc1cccc2ccccc12. The molecule has 2 aromatic carbocycles. The van der Waals surface area contributed by atoms with Crippen LogP contribution >= 0.6 is 0 Å². The number of carbonyl (C=O) groups excluding carboxylic acids is 1. The fraction of sp³-hybridized carbons (Fsp3) is 0.214. The van der Waals surface area contributed by atoms with Crippen LogP contribution in [0, 0.1) is 0 Å². The number of benzene rings is 2. The van der Waals surface area contributed by atoms with Crippen molar-refractivity contribution in [2.75, 3.05) is 6.54 Å². The number of carbonyl (C=O) groups is 1. The van der Waals surface area contributed by atoms with Gasteiger partial charge in [-0.15, -0.1) is 0 Å². The Morgan fingerprint density at radius 1 is 1.18 bits per heavy atom. The van der Waals surface area contributed by atoms with Crippen molar-refractivity contribution in [1.82, 2.24) is 5.32 Å². The van der Waals surface area contributed by atoms with Crippen LogP contribution in [0.3, 0.4) is 0 Å². The molecule has 1 N–H and O–H groups in total. The predicted octanol–water partition coefficient (Wildman–Crippen LogP) is 3.34. The Kier molecular flexibility index (Phi) is 3.60. The van der Waals surface area contributed by atoms with Gasteiger partial charge in [-0.25, -0.2) is 4.79 Å². The van der Waals surface area contributed by atoms with Gasteiger partial charge < -0.3 is 10.1 Å². The van der Waals surface area contributed by atoms with Crippen molar-refractivity contribution in [2.24, 2.45) is 0 Å². The van der Waals surface area contributed by atoms with E-state index in [1.165, 1.54) is 0 Å². The topological polar surface area (TPSA) is 38.3 Å². The second-order valence-corrected chi connectivity index (χ2v) is 3.79. The Labute approximate surface area is 100 Å². The van der Waals surface area contributed by atoms with Crippen molar-refractivity contribution in [1.29, 1.82) is 0 Å². The molecule has 1 amide bonds. The third-order valence-corrected chi connectivity index (χ3v) is 2.47. The van der Waals surface area contributed by atoms with Crippen LogP contribution in [0.1, 0.15) is 13.3 Å². The van der Waals surface area contributed by atoms with Crippen molar-refractivity contribution < 1.29 is 9.53 Å². The molecule has 3 nitrogen and oxygen atoms in total. The van der Waals surface area contributed by atoms with Crippen LogP contribution < -0.4 is 10.1 Å². The molecule has 0 aliphatic heterocycles. The molecule has 3 heteroatoms.